The van der Waals surface area contributed by atoms with Crippen molar-refractivity contribution in [1.82, 2.24) is 0 Å². The fourth-order valence-corrected chi connectivity index (χ4v) is 2.11. The van der Waals surface area contributed by atoms with Crippen molar-refractivity contribution < 1.29 is 4.74 Å². The van der Waals surface area contributed by atoms with Crippen molar-refractivity contribution in [2.75, 3.05) is 7.11 Å². The molecule has 0 aliphatic carbocycles. The number of methoxy groups -OCH3 is 1. The fourth-order valence-electron chi connectivity index (χ4n) is 1.24. The van der Waals surface area contributed by atoms with Crippen LogP contribution in [-0.4, -0.2) is 7.11 Å². The van der Waals surface area contributed by atoms with Gasteiger partial charge in [0, 0.05) is 9.79 Å². The minimum absolute atomic E-state index is 0.891. The van der Waals surface area contributed by atoms with Gasteiger partial charge in [-0.2, -0.15) is 0 Å². The van der Waals surface area contributed by atoms with Gasteiger partial charge in [0.25, 0.3) is 0 Å². The molecule has 2 rings (SSSR count). The van der Waals surface area contributed by atoms with E-state index < -0.39 is 0 Å². The van der Waals surface area contributed by atoms with Crippen LogP contribution in [0.2, 0.25) is 0 Å². The molecule has 0 atom stereocenters. The number of ether oxygens (including phenoxy) is 1. The Labute approximate surface area is 94.1 Å². The first kappa shape index (κ1) is 10.1. The molecule has 1 nitrogen and oxygen atoms in total. The van der Waals surface area contributed by atoms with E-state index in [1.165, 1.54) is 9.79 Å². The molecule has 15 heavy (non-hydrogen) atoms. The molecule has 2 heteroatoms. The lowest BCUT2D eigenvalue weighted by molar-refractivity contribution is 0.413. The summed E-state index contributed by atoms with van der Waals surface area (Å²) < 4.78 is 5.17. The van der Waals surface area contributed by atoms with Crippen LogP contribution in [0.5, 0.6) is 5.75 Å². The Bertz CT molecular complexity index is 426. The highest BCUT2D eigenvalue weighted by molar-refractivity contribution is 7.99. The molecule has 0 saturated heterocycles. The van der Waals surface area contributed by atoms with E-state index in [4.69, 9.17) is 4.74 Å². The molecule has 0 aromatic heterocycles. The van der Waals surface area contributed by atoms with Crippen molar-refractivity contribution in [3.63, 3.8) is 0 Å². The van der Waals surface area contributed by atoms with Gasteiger partial charge in [0.05, 0.1) is 7.11 Å². The van der Waals surface area contributed by atoms with Gasteiger partial charge in [-0.1, -0.05) is 30.0 Å². The average Bonchev–Trinajstić information content (AvgIpc) is 2.31. The highest BCUT2D eigenvalue weighted by Gasteiger charge is 1.97. The normalized spacial score (nSPS) is 9.93. The second-order valence-corrected chi connectivity index (χ2v) is 4.16. The summed E-state index contributed by atoms with van der Waals surface area (Å²) in [5.74, 6) is 0.891. The van der Waals surface area contributed by atoms with Crippen LogP contribution in [-0.2, 0) is 0 Å². The standard InChI is InChI=1S/C13H11OS/c1-14-11-6-5-9-13(10-11)15-12-7-3-2-4-8-12/h3-10H,1H3. The first-order valence-corrected chi connectivity index (χ1v) is 5.48. The molecule has 1 radical (unpaired) electrons. The van der Waals surface area contributed by atoms with Crippen LogP contribution in [0.1, 0.15) is 0 Å². The quantitative estimate of drug-likeness (QED) is 0.773. The highest BCUT2D eigenvalue weighted by Crippen LogP contribution is 2.29. The molecule has 0 heterocycles. The smallest absolute Gasteiger partial charge is 0.119 e. The van der Waals surface area contributed by atoms with E-state index in [-0.39, 0.29) is 0 Å². The number of rotatable bonds is 3. The first-order valence-electron chi connectivity index (χ1n) is 4.66. The van der Waals surface area contributed by atoms with Crippen molar-refractivity contribution >= 4 is 11.8 Å². The van der Waals surface area contributed by atoms with Gasteiger partial charge in [0.2, 0.25) is 0 Å². The second kappa shape index (κ2) is 4.89. The van der Waals surface area contributed by atoms with Gasteiger partial charge in [-0.3, -0.25) is 0 Å². The predicted octanol–water partition coefficient (Wildman–Crippen LogP) is 3.65. The van der Waals surface area contributed by atoms with Gasteiger partial charge >= 0.3 is 0 Å². The lowest BCUT2D eigenvalue weighted by Crippen LogP contribution is -1.81. The van der Waals surface area contributed by atoms with Crippen molar-refractivity contribution in [1.29, 1.82) is 0 Å². The molecule has 0 N–H and O–H groups in total. The topological polar surface area (TPSA) is 9.23 Å². The van der Waals surface area contributed by atoms with E-state index in [9.17, 15) is 0 Å². The summed E-state index contributed by atoms with van der Waals surface area (Å²) in [6.07, 6.45) is 0. The largest absolute Gasteiger partial charge is 0.497 e. The van der Waals surface area contributed by atoms with Crippen molar-refractivity contribution in [2.45, 2.75) is 9.79 Å². The Morgan fingerprint density at radius 1 is 1.07 bits per heavy atom. The molecule has 2 aromatic rings. The Kier molecular flexibility index (Phi) is 3.30. The Morgan fingerprint density at radius 2 is 1.87 bits per heavy atom. The highest BCUT2D eigenvalue weighted by atomic mass is 32.2. The van der Waals surface area contributed by atoms with E-state index in [1.807, 2.05) is 42.5 Å². The second-order valence-electron chi connectivity index (χ2n) is 3.02. The Morgan fingerprint density at radius 3 is 2.60 bits per heavy atom. The van der Waals surface area contributed by atoms with Crippen LogP contribution in [0.4, 0.5) is 0 Å². The maximum atomic E-state index is 5.17. The van der Waals surface area contributed by atoms with E-state index in [0.29, 0.717) is 0 Å². The van der Waals surface area contributed by atoms with Gasteiger partial charge in [-0.15, -0.1) is 0 Å². The third-order valence-electron chi connectivity index (χ3n) is 1.96. The number of hydrogen-bond donors (Lipinski definition) is 0. The zero-order valence-corrected chi connectivity index (χ0v) is 9.25. The van der Waals surface area contributed by atoms with Crippen molar-refractivity contribution in [3.8, 4) is 5.75 Å². The summed E-state index contributed by atoms with van der Waals surface area (Å²) in [4.78, 5) is 2.39. The summed E-state index contributed by atoms with van der Waals surface area (Å²) in [7, 11) is 1.68. The van der Waals surface area contributed by atoms with E-state index in [1.54, 1.807) is 18.9 Å². The average molecular weight is 215 g/mol. The van der Waals surface area contributed by atoms with E-state index >= 15 is 0 Å². The Balaban J connectivity index is 2.17. The molecular weight excluding hydrogens is 204 g/mol. The van der Waals surface area contributed by atoms with E-state index in [0.717, 1.165) is 5.75 Å². The maximum absolute atomic E-state index is 5.17. The fraction of sp³-hybridized carbons (Fsp3) is 0.0769. The van der Waals surface area contributed by atoms with E-state index in [2.05, 4.69) is 12.1 Å². The molecule has 0 aliphatic heterocycles. The third kappa shape index (κ3) is 2.77. The Hall–Kier alpha value is -1.41. The summed E-state index contributed by atoms with van der Waals surface area (Å²) in [5, 5.41) is 0. The molecule has 0 aliphatic rings. The van der Waals surface area contributed by atoms with Crippen molar-refractivity contribution in [2.24, 2.45) is 0 Å². The summed E-state index contributed by atoms with van der Waals surface area (Å²) in [5.41, 5.74) is 0. The zero-order chi connectivity index (χ0) is 10.5. The SMILES string of the molecule is COc1cccc(Sc2cc[c]cc2)c1. The summed E-state index contributed by atoms with van der Waals surface area (Å²) >= 11 is 1.72. The predicted molar refractivity (Wildman–Crippen MR) is 62.4 cm³/mol. The monoisotopic (exact) mass is 215 g/mol. The van der Waals surface area contributed by atoms with Crippen molar-refractivity contribution in [3.05, 3.63) is 54.6 Å². The minimum Gasteiger partial charge on any atom is -0.497 e. The zero-order valence-electron chi connectivity index (χ0n) is 8.44. The summed E-state index contributed by atoms with van der Waals surface area (Å²) in [6.45, 7) is 0. The molecular formula is C13H11OS. The lowest BCUT2D eigenvalue weighted by Gasteiger charge is -2.03. The molecule has 0 spiro atoms. The minimum atomic E-state index is 0.891. The molecule has 2 aromatic carbocycles. The third-order valence-corrected chi connectivity index (χ3v) is 2.96. The van der Waals surface area contributed by atoms with Gasteiger partial charge < -0.3 is 4.74 Å². The van der Waals surface area contributed by atoms with Crippen LogP contribution in [0.15, 0.2) is 58.3 Å². The van der Waals surface area contributed by atoms with Gasteiger partial charge in [0.15, 0.2) is 0 Å². The van der Waals surface area contributed by atoms with Crippen LogP contribution < -0.4 is 4.74 Å². The van der Waals surface area contributed by atoms with Crippen LogP contribution in [0.25, 0.3) is 0 Å². The molecule has 75 valence electrons. The van der Waals surface area contributed by atoms with Gasteiger partial charge in [0.1, 0.15) is 5.75 Å². The molecule has 0 bridgehead atoms. The molecule has 0 unspecified atom stereocenters. The first-order chi connectivity index (χ1) is 7.38. The number of hydrogen-bond acceptors (Lipinski definition) is 2. The van der Waals surface area contributed by atoms with Crippen LogP contribution >= 0.6 is 11.8 Å². The number of benzene rings is 2. The molecule has 0 amide bonds. The summed E-state index contributed by atoms with van der Waals surface area (Å²) in [6, 6.07) is 19.0. The van der Waals surface area contributed by atoms with Crippen LogP contribution in [0.3, 0.4) is 0 Å². The van der Waals surface area contributed by atoms with Crippen LogP contribution in [0, 0.1) is 6.07 Å². The van der Waals surface area contributed by atoms with Gasteiger partial charge in [-0.25, -0.2) is 0 Å². The molecule has 0 fully saturated rings. The van der Waals surface area contributed by atoms with Gasteiger partial charge in [-0.05, 0) is 36.4 Å². The lowest BCUT2D eigenvalue weighted by atomic mass is 10.3. The molecule has 0 saturated carbocycles. The maximum Gasteiger partial charge on any atom is 0.119 e.